The summed E-state index contributed by atoms with van der Waals surface area (Å²) in [4.78, 5) is 4.30. The van der Waals surface area contributed by atoms with Crippen LogP contribution in [0.25, 0.3) is 10.9 Å². The van der Waals surface area contributed by atoms with Gasteiger partial charge in [-0.3, -0.25) is 4.98 Å². The molecule has 1 aromatic heterocycles. The molecule has 0 aliphatic carbocycles. The molecule has 3 rings (SSSR count). The molecule has 5 nitrogen and oxygen atoms in total. The first-order chi connectivity index (χ1) is 12.3. The second kappa shape index (κ2) is 7.13. The lowest BCUT2D eigenvalue weighted by Crippen LogP contribution is -2.12. The number of rotatable bonds is 5. The largest absolute Gasteiger partial charge is 0.494 e. The molecule has 1 heterocycles. The molecule has 0 unspecified atom stereocenters. The van der Waals surface area contributed by atoms with Gasteiger partial charge in [-0.25, -0.2) is 0 Å². The van der Waals surface area contributed by atoms with Gasteiger partial charge in [-0.1, -0.05) is 11.6 Å². The Balaban J connectivity index is 2.06. The van der Waals surface area contributed by atoms with Crippen molar-refractivity contribution in [2.75, 3.05) is 6.61 Å². The Morgan fingerprint density at radius 3 is 2.58 bits per heavy atom. The first-order valence-electron chi connectivity index (χ1n) is 8.05. The van der Waals surface area contributed by atoms with Crippen molar-refractivity contribution in [3.8, 4) is 11.5 Å². The smallest absolute Gasteiger partial charge is 0.339 e. The number of aryl methyl sites for hydroxylation is 2. The van der Waals surface area contributed by atoms with E-state index in [2.05, 4.69) is 4.98 Å². The first-order valence-corrected chi connectivity index (χ1v) is 9.84. The van der Waals surface area contributed by atoms with Gasteiger partial charge >= 0.3 is 10.1 Å². The van der Waals surface area contributed by atoms with Crippen LogP contribution in [0.5, 0.6) is 11.5 Å². The Morgan fingerprint density at radius 2 is 1.85 bits per heavy atom. The number of pyridine rings is 1. The van der Waals surface area contributed by atoms with E-state index in [4.69, 9.17) is 20.5 Å². The highest BCUT2D eigenvalue weighted by Crippen LogP contribution is 2.33. The maximum Gasteiger partial charge on any atom is 0.339 e. The van der Waals surface area contributed by atoms with Crippen LogP contribution in [0.15, 0.2) is 47.5 Å². The zero-order chi connectivity index (χ0) is 18.9. The van der Waals surface area contributed by atoms with Crippen LogP contribution in [-0.2, 0) is 10.1 Å². The van der Waals surface area contributed by atoms with E-state index in [0.717, 1.165) is 5.56 Å². The van der Waals surface area contributed by atoms with E-state index < -0.39 is 10.1 Å². The van der Waals surface area contributed by atoms with Crippen molar-refractivity contribution < 1.29 is 17.3 Å². The molecule has 26 heavy (non-hydrogen) atoms. The Morgan fingerprint density at radius 1 is 1.08 bits per heavy atom. The van der Waals surface area contributed by atoms with Gasteiger partial charge in [0.2, 0.25) is 0 Å². The Hall–Kier alpha value is -2.31. The van der Waals surface area contributed by atoms with Crippen molar-refractivity contribution in [3.63, 3.8) is 0 Å². The second-order valence-corrected chi connectivity index (χ2v) is 7.72. The summed E-state index contributed by atoms with van der Waals surface area (Å²) in [5.41, 5.74) is 1.66. The Kier molecular flexibility index (Phi) is 5.07. The van der Waals surface area contributed by atoms with Crippen molar-refractivity contribution in [3.05, 3.63) is 58.7 Å². The SMILES string of the molecule is CCOc1cc(C)c(S(=O)(=O)Oc2ccc(Cl)c3cccnc23)cc1C. The summed E-state index contributed by atoms with van der Waals surface area (Å²) in [5.74, 6) is 0.790. The van der Waals surface area contributed by atoms with Gasteiger partial charge in [0.25, 0.3) is 0 Å². The van der Waals surface area contributed by atoms with Crippen LogP contribution in [0.3, 0.4) is 0 Å². The molecule has 136 valence electrons. The lowest BCUT2D eigenvalue weighted by Gasteiger charge is -2.14. The van der Waals surface area contributed by atoms with Crippen LogP contribution in [0.4, 0.5) is 0 Å². The number of hydrogen-bond acceptors (Lipinski definition) is 5. The third kappa shape index (κ3) is 3.48. The highest BCUT2D eigenvalue weighted by molar-refractivity contribution is 7.87. The molecule has 0 atom stereocenters. The topological polar surface area (TPSA) is 65.5 Å². The van der Waals surface area contributed by atoms with E-state index in [0.29, 0.717) is 33.8 Å². The molecule has 0 aliphatic rings. The molecule has 0 spiro atoms. The van der Waals surface area contributed by atoms with Crippen LogP contribution in [0.1, 0.15) is 18.1 Å². The van der Waals surface area contributed by atoms with Gasteiger partial charge in [0.05, 0.1) is 11.6 Å². The molecule has 0 aliphatic heterocycles. The van der Waals surface area contributed by atoms with E-state index in [1.807, 2.05) is 6.92 Å². The fraction of sp³-hybridized carbons (Fsp3) is 0.211. The predicted octanol–water partition coefficient (Wildman–Crippen LogP) is 4.67. The van der Waals surface area contributed by atoms with Gasteiger partial charge in [-0.05, 0) is 68.3 Å². The molecule has 0 N–H and O–H groups in total. The number of ether oxygens (including phenoxy) is 1. The fourth-order valence-corrected chi connectivity index (χ4v) is 4.14. The zero-order valence-electron chi connectivity index (χ0n) is 14.6. The normalized spacial score (nSPS) is 11.5. The summed E-state index contributed by atoms with van der Waals surface area (Å²) in [6.07, 6.45) is 1.56. The molecule has 7 heteroatoms. The minimum absolute atomic E-state index is 0.0949. The lowest BCUT2D eigenvalue weighted by atomic mass is 10.1. The standard InChI is InChI=1S/C19H18ClNO4S/c1-4-24-17-10-13(3)18(11-12(17)2)26(22,23)25-16-8-7-15(20)14-6-5-9-21-19(14)16/h5-11H,4H2,1-3H3. The number of hydrogen-bond donors (Lipinski definition) is 0. The van der Waals surface area contributed by atoms with E-state index in [1.165, 1.54) is 6.07 Å². The highest BCUT2D eigenvalue weighted by atomic mass is 35.5. The molecule has 0 amide bonds. The first kappa shape index (κ1) is 18.5. The molecular weight excluding hydrogens is 374 g/mol. The average molecular weight is 392 g/mol. The van der Waals surface area contributed by atoms with Gasteiger partial charge < -0.3 is 8.92 Å². The number of halogens is 1. The third-order valence-corrected chi connectivity index (χ3v) is 5.63. The van der Waals surface area contributed by atoms with Crippen LogP contribution in [-0.4, -0.2) is 20.0 Å². The van der Waals surface area contributed by atoms with Gasteiger partial charge in [0.1, 0.15) is 16.2 Å². The molecule has 3 aromatic rings. The number of fused-ring (bicyclic) bond motifs is 1. The minimum atomic E-state index is -4.04. The van der Waals surface area contributed by atoms with Crippen LogP contribution < -0.4 is 8.92 Å². The minimum Gasteiger partial charge on any atom is -0.494 e. The average Bonchev–Trinajstić information content (AvgIpc) is 2.60. The number of aromatic nitrogens is 1. The van der Waals surface area contributed by atoms with Gasteiger partial charge in [0.15, 0.2) is 5.75 Å². The Labute approximate surface area is 157 Å². The summed E-state index contributed by atoms with van der Waals surface area (Å²) in [7, 11) is -4.04. The summed E-state index contributed by atoms with van der Waals surface area (Å²) in [5, 5.41) is 1.10. The molecule has 0 saturated carbocycles. The third-order valence-electron chi connectivity index (χ3n) is 3.92. The van der Waals surface area contributed by atoms with E-state index in [9.17, 15) is 8.42 Å². The van der Waals surface area contributed by atoms with Crippen molar-refractivity contribution in [2.24, 2.45) is 0 Å². The van der Waals surface area contributed by atoms with E-state index in [1.54, 1.807) is 50.4 Å². The zero-order valence-corrected chi connectivity index (χ0v) is 16.2. The maximum atomic E-state index is 12.8. The predicted molar refractivity (Wildman–Crippen MR) is 102 cm³/mol. The van der Waals surface area contributed by atoms with E-state index in [-0.39, 0.29) is 10.6 Å². The molecule has 0 saturated heterocycles. The van der Waals surface area contributed by atoms with Crippen molar-refractivity contribution in [1.82, 2.24) is 4.98 Å². The van der Waals surface area contributed by atoms with Crippen molar-refractivity contribution in [2.45, 2.75) is 25.7 Å². The quantitative estimate of drug-likeness (QED) is 0.591. The van der Waals surface area contributed by atoms with Crippen molar-refractivity contribution in [1.29, 1.82) is 0 Å². The summed E-state index contributed by atoms with van der Waals surface area (Å²) in [6.45, 7) is 5.88. The summed E-state index contributed by atoms with van der Waals surface area (Å²) >= 11 is 6.15. The second-order valence-electron chi connectivity index (χ2n) is 5.80. The van der Waals surface area contributed by atoms with Gasteiger partial charge in [0, 0.05) is 11.6 Å². The molecule has 0 bridgehead atoms. The fourth-order valence-electron chi connectivity index (χ4n) is 2.69. The Bertz CT molecular complexity index is 1080. The molecule has 0 radical (unpaired) electrons. The van der Waals surface area contributed by atoms with E-state index >= 15 is 0 Å². The molecule has 0 fully saturated rings. The molecular formula is C19H18ClNO4S. The number of benzene rings is 2. The van der Waals surface area contributed by atoms with Crippen LogP contribution in [0, 0.1) is 13.8 Å². The number of nitrogens with zero attached hydrogens (tertiary/aromatic N) is 1. The van der Waals surface area contributed by atoms with Crippen LogP contribution >= 0.6 is 11.6 Å². The lowest BCUT2D eigenvalue weighted by molar-refractivity contribution is 0.337. The summed E-state index contributed by atoms with van der Waals surface area (Å²) < 4.78 is 36.6. The van der Waals surface area contributed by atoms with Crippen LogP contribution in [0.2, 0.25) is 5.02 Å². The maximum absolute atomic E-state index is 12.8. The van der Waals surface area contributed by atoms with Crippen molar-refractivity contribution >= 4 is 32.6 Å². The van der Waals surface area contributed by atoms with Gasteiger partial charge in [-0.15, -0.1) is 0 Å². The monoisotopic (exact) mass is 391 g/mol. The highest BCUT2D eigenvalue weighted by Gasteiger charge is 2.23. The summed E-state index contributed by atoms with van der Waals surface area (Å²) in [6, 6.07) is 9.84. The van der Waals surface area contributed by atoms with Gasteiger partial charge in [-0.2, -0.15) is 8.42 Å². The molecule has 2 aromatic carbocycles.